The Morgan fingerprint density at radius 1 is 1.53 bits per heavy atom. The smallest absolute Gasteiger partial charge is 0.374 e. The number of hydrogen-bond acceptors (Lipinski definition) is 3. The van der Waals surface area contributed by atoms with Crippen molar-refractivity contribution in [2.75, 3.05) is 6.54 Å². The van der Waals surface area contributed by atoms with Gasteiger partial charge in [-0.3, -0.25) is 4.68 Å². The standard InChI is InChI=1S/C8H12F3N3O/c1-2-14-6(3-4-13-14)7(15,5-12)8(9,10)11/h3-4,15H,2,5,12H2,1H3. The third-order valence-electron chi connectivity index (χ3n) is 2.20. The average molecular weight is 223 g/mol. The molecule has 4 nitrogen and oxygen atoms in total. The van der Waals surface area contributed by atoms with E-state index in [0.717, 1.165) is 10.7 Å². The maximum atomic E-state index is 12.6. The number of hydrogen-bond donors (Lipinski definition) is 2. The van der Waals surface area contributed by atoms with Crippen LogP contribution in [0.1, 0.15) is 12.6 Å². The van der Waals surface area contributed by atoms with Crippen LogP contribution in [0.2, 0.25) is 0 Å². The summed E-state index contributed by atoms with van der Waals surface area (Å²) in [5.41, 5.74) is 1.64. The molecule has 7 heteroatoms. The first-order valence-corrected chi connectivity index (χ1v) is 4.38. The van der Waals surface area contributed by atoms with Gasteiger partial charge in [0.15, 0.2) is 0 Å². The van der Waals surface area contributed by atoms with Crippen molar-refractivity contribution in [2.24, 2.45) is 5.73 Å². The number of aliphatic hydroxyl groups is 1. The van der Waals surface area contributed by atoms with Crippen molar-refractivity contribution in [2.45, 2.75) is 25.2 Å². The van der Waals surface area contributed by atoms with Crippen molar-refractivity contribution < 1.29 is 18.3 Å². The molecular weight excluding hydrogens is 211 g/mol. The highest BCUT2D eigenvalue weighted by atomic mass is 19.4. The average Bonchev–Trinajstić information content (AvgIpc) is 2.62. The van der Waals surface area contributed by atoms with E-state index in [1.54, 1.807) is 6.92 Å². The molecule has 0 fully saturated rings. The number of alkyl halides is 3. The second-order valence-corrected chi connectivity index (χ2v) is 3.09. The maximum Gasteiger partial charge on any atom is 0.424 e. The minimum Gasteiger partial charge on any atom is -0.374 e. The number of rotatable bonds is 3. The molecule has 1 aromatic rings. The van der Waals surface area contributed by atoms with E-state index in [4.69, 9.17) is 5.73 Å². The van der Waals surface area contributed by atoms with Gasteiger partial charge in [0.2, 0.25) is 5.60 Å². The first-order valence-electron chi connectivity index (χ1n) is 4.38. The van der Waals surface area contributed by atoms with Crippen LogP contribution in [0.4, 0.5) is 13.2 Å². The summed E-state index contributed by atoms with van der Waals surface area (Å²) < 4.78 is 38.9. The first-order chi connectivity index (χ1) is 6.86. The zero-order chi connectivity index (χ0) is 11.7. The van der Waals surface area contributed by atoms with Gasteiger partial charge in [-0.15, -0.1) is 0 Å². The van der Waals surface area contributed by atoms with Gasteiger partial charge in [0, 0.05) is 19.3 Å². The third kappa shape index (κ3) is 1.84. The quantitative estimate of drug-likeness (QED) is 0.789. The molecule has 0 aliphatic rings. The van der Waals surface area contributed by atoms with Crippen LogP contribution in [-0.2, 0) is 12.1 Å². The van der Waals surface area contributed by atoms with Crippen molar-refractivity contribution in [3.05, 3.63) is 18.0 Å². The van der Waals surface area contributed by atoms with E-state index in [-0.39, 0.29) is 12.2 Å². The molecule has 0 bridgehead atoms. The lowest BCUT2D eigenvalue weighted by Gasteiger charge is -2.29. The molecule has 0 radical (unpaired) electrons. The fraction of sp³-hybridized carbons (Fsp3) is 0.625. The van der Waals surface area contributed by atoms with E-state index in [9.17, 15) is 18.3 Å². The minimum atomic E-state index is -4.81. The number of halogens is 3. The lowest BCUT2D eigenvalue weighted by Crippen LogP contribution is -2.49. The van der Waals surface area contributed by atoms with Gasteiger partial charge < -0.3 is 10.8 Å². The van der Waals surface area contributed by atoms with E-state index in [0.29, 0.717) is 0 Å². The van der Waals surface area contributed by atoms with Gasteiger partial charge in [0.25, 0.3) is 0 Å². The molecule has 0 amide bonds. The predicted octanol–water partition coefficient (Wildman–Crippen LogP) is 0.612. The predicted molar refractivity (Wildman–Crippen MR) is 46.9 cm³/mol. The number of nitrogens with zero attached hydrogens (tertiary/aromatic N) is 2. The molecule has 1 atom stereocenters. The highest BCUT2D eigenvalue weighted by Gasteiger charge is 2.55. The van der Waals surface area contributed by atoms with Crippen LogP contribution in [0, 0.1) is 0 Å². The van der Waals surface area contributed by atoms with Gasteiger partial charge in [-0.2, -0.15) is 18.3 Å². The Bertz CT molecular complexity index is 336. The zero-order valence-electron chi connectivity index (χ0n) is 8.12. The van der Waals surface area contributed by atoms with Crippen LogP contribution in [0.3, 0.4) is 0 Å². The molecule has 86 valence electrons. The van der Waals surface area contributed by atoms with Gasteiger partial charge in [-0.1, -0.05) is 0 Å². The second-order valence-electron chi connectivity index (χ2n) is 3.09. The largest absolute Gasteiger partial charge is 0.424 e. The molecule has 1 rings (SSSR count). The van der Waals surface area contributed by atoms with Crippen molar-refractivity contribution in [3.8, 4) is 0 Å². The highest BCUT2D eigenvalue weighted by molar-refractivity contribution is 5.15. The first kappa shape index (κ1) is 12.0. The topological polar surface area (TPSA) is 64.1 Å². The van der Waals surface area contributed by atoms with E-state index < -0.39 is 18.3 Å². The lowest BCUT2D eigenvalue weighted by molar-refractivity contribution is -0.264. The highest BCUT2D eigenvalue weighted by Crippen LogP contribution is 2.37. The molecule has 3 N–H and O–H groups in total. The van der Waals surface area contributed by atoms with Crippen LogP contribution in [0.25, 0.3) is 0 Å². The Labute approximate surface area is 84.5 Å². The van der Waals surface area contributed by atoms with Gasteiger partial charge in [0.1, 0.15) is 0 Å². The van der Waals surface area contributed by atoms with Crippen molar-refractivity contribution in [3.63, 3.8) is 0 Å². The fourth-order valence-electron chi connectivity index (χ4n) is 1.30. The summed E-state index contributed by atoms with van der Waals surface area (Å²) >= 11 is 0. The number of nitrogens with two attached hydrogens (primary N) is 1. The maximum absolute atomic E-state index is 12.6. The molecule has 0 spiro atoms. The number of aromatic nitrogens is 2. The van der Waals surface area contributed by atoms with Crippen molar-refractivity contribution >= 4 is 0 Å². The van der Waals surface area contributed by atoms with Crippen LogP contribution in [0.5, 0.6) is 0 Å². The summed E-state index contributed by atoms with van der Waals surface area (Å²) in [6.45, 7) is 0.937. The zero-order valence-corrected chi connectivity index (χ0v) is 8.12. The minimum absolute atomic E-state index is 0.237. The molecule has 0 saturated carbocycles. The monoisotopic (exact) mass is 223 g/mol. The third-order valence-corrected chi connectivity index (χ3v) is 2.20. The van der Waals surface area contributed by atoms with Gasteiger partial charge >= 0.3 is 6.18 Å². The Balaban J connectivity index is 3.23. The summed E-state index contributed by atoms with van der Waals surface area (Å²) in [7, 11) is 0. The normalized spacial score (nSPS) is 16.4. The van der Waals surface area contributed by atoms with Crippen molar-refractivity contribution in [1.29, 1.82) is 0 Å². The van der Waals surface area contributed by atoms with Gasteiger partial charge in [-0.25, -0.2) is 0 Å². The van der Waals surface area contributed by atoms with Crippen LogP contribution in [-0.4, -0.2) is 27.6 Å². The van der Waals surface area contributed by atoms with Gasteiger partial charge in [0.05, 0.1) is 5.69 Å². The summed E-state index contributed by atoms with van der Waals surface area (Å²) in [4.78, 5) is 0. The summed E-state index contributed by atoms with van der Waals surface area (Å²) in [5, 5.41) is 13.2. The Morgan fingerprint density at radius 3 is 2.53 bits per heavy atom. The molecule has 0 aromatic carbocycles. The summed E-state index contributed by atoms with van der Waals surface area (Å²) in [6, 6.07) is 1.11. The summed E-state index contributed by atoms with van der Waals surface area (Å²) in [6.07, 6.45) is -3.61. The Hall–Kier alpha value is -1.08. The molecule has 0 saturated heterocycles. The van der Waals surface area contributed by atoms with Crippen LogP contribution >= 0.6 is 0 Å². The molecule has 0 aliphatic carbocycles. The SMILES string of the molecule is CCn1nccc1C(O)(CN)C(F)(F)F. The Morgan fingerprint density at radius 2 is 2.13 bits per heavy atom. The van der Waals surface area contributed by atoms with E-state index in [1.165, 1.54) is 6.20 Å². The molecule has 1 unspecified atom stereocenters. The number of aryl methyl sites for hydroxylation is 1. The summed E-state index contributed by atoms with van der Waals surface area (Å²) in [5.74, 6) is 0. The lowest BCUT2D eigenvalue weighted by atomic mass is 9.99. The van der Waals surface area contributed by atoms with E-state index in [1.807, 2.05) is 0 Å². The fourth-order valence-corrected chi connectivity index (χ4v) is 1.30. The van der Waals surface area contributed by atoms with Crippen LogP contribution in [0.15, 0.2) is 12.3 Å². The van der Waals surface area contributed by atoms with E-state index >= 15 is 0 Å². The van der Waals surface area contributed by atoms with Gasteiger partial charge in [-0.05, 0) is 13.0 Å². The van der Waals surface area contributed by atoms with Crippen LogP contribution < -0.4 is 5.73 Å². The molecule has 15 heavy (non-hydrogen) atoms. The molecule has 1 aromatic heterocycles. The van der Waals surface area contributed by atoms with Crippen molar-refractivity contribution in [1.82, 2.24) is 9.78 Å². The molecule has 1 heterocycles. The Kier molecular flexibility index (Phi) is 3.05. The molecular formula is C8H12F3N3O. The van der Waals surface area contributed by atoms with E-state index in [2.05, 4.69) is 5.10 Å². The molecule has 0 aliphatic heterocycles. The second kappa shape index (κ2) is 3.82.